The van der Waals surface area contributed by atoms with Gasteiger partial charge in [-0.2, -0.15) is 0 Å². The number of rotatable bonds is 5. The highest BCUT2D eigenvalue weighted by atomic mass is 79.9. The summed E-state index contributed by atoms with van der Waals surface area (Å²) in [6, 6.07) is 2.19. The molecule has 0 aliphatic rings. The van der Waals surface area contributed by atoms with Gasteiger partial charge in [0.05, 0.1) is 11.2 Å². The first kappa shape index (κ1) is 12.2. The fraction of sp³-hybridized carbons (Fsp3) is 0.364. The highest BCUT2D eigenvalue weighted by Gasteiger charge is 2.02. The number of aromatic nitrogens is 1. The fourth-order valence-electron chi connectivity index (χ4n) is 1.39. The van der Waals surface area contributed by atoms with Gasteiger partial charge in [-0.1, -0.05) is 0 Å². The van der Waals surface area contributed by atoms with Crippen molar-refractivity contribution in [3.63, 3.8) is 0 Å². The quantitative estimate of drug-likeness (QED) is 0.852. The Morgan fingerprint density at radius 1 is 1.50 bits per heavy atom. The van der Waals surface area contributed by atoms with Crippen molar-refractivity contribution >= 4 is 38.6 Å². The van der Waals surface area contributed by atoms with Crippen LogP contribution in [0, 0.1) is 6.92 Å². The van der Waals surface area contributed by atoms with Gasteiger partial charge >= 0.3 is 0 Å². The number of thiophene rings is 1. The Kier molecular flexibility index (Phi) is 4.52. The van der Waals surface area contributed by atoms with E-state index in [0.717, 1.165) is 19.5 Å². The normalized spacial score (nSPS) is 10.9. The van der Waals surface area contributed by atoms with Crippen molar-refractivity contribution in [3.8, 4) is 0 Å². The number of nitrogens with zero attached hydrogens (tertiary/aromatic N) is 1. The van der Waals surface area contributed by atoms with Gasteiger partial charge in [-0.05, 0) is 28.9 Å². The van der Waals surface area contributed by atoms with E-state index in [2.05, 4.69) is 44.6 Å². The highest BCUT2D eigenvalue weighted by molar-refractivity contribution is 9.10. The molecule has 2 aromatic rings. The van der Waals surface area contributed by atoms with E-state index in [0.29, 0.717) is 0 Å². The van der Waals surface area contributed by atoms with Crippen LogP contribution in [-0.2, 0) is 13.0 Å². The summed E-state index contributed by atoms with van der Waals surface area (Å²) in [6.07, 6.45) is 1.01. The zero-order valence-electron chi connectivity index (χ0n) is 9.00. The van der Waals surface area contributed by atoms with Crippen LogP contribution in [0.2, 0.25) is 0 Å². The molecular formula is C11H13BrN2S2. The summed E-state index contributed by atoms with van der Waals surface area (Å²) >= 11 is 7.03. The van der Waals surface area contributed by atoms with E-state index in [-0.39, 0.29) is 0 Å². The summed E-state index contributed by atoms with van der Waals surface area (Å²) in [5.74, 6) is 0. The zero-order chi connectivity index (χ0) is 11.4. The molecule has 0 aromatic carbocycles. The third kappa shape index (κ3) is 3.38. The molecular weight excluding hydrogens is 304 g/mol. The average molecular weight is 317 g/mol. The Morgan fingerprint density at radius 3 is 3.00 bits per heavy atom. The van der Waals surface area contributed by atoms with Crippen molar-refractivity contribution in [1.29, 1.82) is 0 Å². The van der Waals surface area contributed by atoms with E-state index in [1.807, 2.05) is 16.8 Å². The van der Waals surface area contributed by atoms with Crippen molar-refractivity contribution in [1.82, 2.24) is 10.3 Å². The molecule has 0 aliphatic heterocycles. The molecule has 2 aromatic heterocycles. The summed E-state index contributed by atoms with van der Waals surface area (Å²) in [7, 11) is 0. The number of nitrogens with one attached hydrogen (secondary N) is 1. The second-order valence-electron chi connectivity index (χ2n) is 3.52. The molecule has 0 radical (unpaired) electrons. The lowest BCUT2D eigenvalue weighted by molar-refractivity contribution is 0.688. The summed E-state index contributed by atoms with van der Waals surface area (Å²) in [5, 5.41) is 5.54. The predicted octanol–water partition coefficient (Wildman–Crippen LogP) is 3.61. The molecule has 0 saturated carbocycles. The van der Waals surface area contributed by atoms with Crippen LogP contribution < -0.4 is 5.32 Å². The smallest absolute Gasteiger partial charge is 0.0794 e. The van der Waals surface area contributed by atoms with Gasteiger partial charge in [0.1, 0.15) is 0 Å². The topological polar surface area (TPSA) is 24.9 Å². The fourth-order valence-corrected chi connectivity index (χ4v) is 3.56. The predicted molar refractivity (Wildman–Crippen MR) is 74.3 cm³/mol. The molecule has 0 saturated heterocycles. The van der Waals surface area contributed by atoms with E-state index in [9.17, 15) is 0 Å². The summed E-state index contributed by atoms with van der Waals surface area (Å²) in [6.45, 7) is 4.06. The second kappa shape index (κ2) is 5.91. The number of hydrogen-bond donors (Lipinski definition) is 1. The molecule has 86 valence electrons. The molecule has 0 bridgehead atoms. The Balaban J connectivity index is 1.72. The van der Waals surface area contributed by atoms with Crippen LogP contribution in [0.4, 0.5) is 0 Å². The van der Waals surface area contributed by atoms with Crippen molar-refractivity contribution < 1.29 is 0 Å². The Bertz CT molecular complexity index is 417. The SMILES string of the molecule is Cc1sc(CNCCc2cscn2)cc1Br. The maximum Gasteiger partial charge on any atom is 0.0794 e. The molecule has 2 nitrogen and oxygen atoms in total. The molecule has 2 heterocycles. The van der Waals surface area contributed by atoms with Crippen LogP contribution in [0.5, 0.6) is 0 Å². The second-order valence-corrected chi connectivity index (χ2v) is 6.44. The van der Waals surface area contributed by atoms with Gasteiger partial charge in [-0.3, -0.25) is 0 Å². The molecule has 16 heavy (non-hydrogen) atoms. The minimum Gasteiger partial charge on any atom is -0.311 e. The van der Waals surface area contributed by atoms with Crippen molar-refractivity contribution in [3.05, 3.63) is 36.9 Å². The van der Waals surface area contributed by atoms with Crippen LogP contribution in [-0.4, -0.2) is 11.5 Å². The standard InChI is InChI=1S/C11H13BrN2S2/c1-8-11(12)4-10(16-8)5-13-3-2-9-6-15-7-14-9/h4,6-7,13H,2-3,5H2,1H3. The Labute approximate surface area is 112 Å². The van der Waals surface area contributed by atoms with Crippen molar-refractivity contribution in [2.45, 2.75) is 19.9 Å². The van der Waals surface area contributed by atoms with Gasteiger partial charge < -0.3 is 5.32 Å². The molecule has 0 fully saturated rings. The lowest BCUT2D eigenvalue weighted by atomic mass is 10.3. The molecule has 0 spiro atoms. The van der Waals surface area contributed by atoms with E-state index in [4.69, 9.17) is 0 Å². The number of hydrogen-bond acceptors (Lipinski definition) is 4. The minimum absolute atomic E-state index is 0.946. The van der Waals surface area contributed by atoms with Crippen LogP contribution in [0.25, 0.3) is 0 Å². The number of halogens is 1. The van der Waals surface area contributed by atoms with E-state index >= 15 is 0 Å². The lowest BCUT2D eigenvalue weighted by Crippen LogP contribution is -2.15. The van der Waals surface area contributed by atoms with Gasteiger partial charge in [0.25, 0.3) is 0 Å². The lowest BCUT2D eigenvalue weighted by Gasteiger charge is -2.00. The Morgan fingerprint density at radius 2 is 2.38 bits per heavy atom. The maximum atomic E-state index is 4.25. The Hall–Kier alpha value is -0.230. The van der Waals surface area contributed by atoms with Gasteiger partial charge in [0.15, 0.2) is 0 Å². The molecule has 2 rings (SSSR count). The molecule has 0 unspecified atom stereocenters. The first-order valence-electron chi connectivity index (χ1n) is 5.08. The van der Waals surface area contributed by atoms with Gasteiger partial charge in [0, 0.05) is 39.1 Å². The van der Waals surface area contributed by atoms with Gasteiger partial charge in [-0.25, -0.2) is 4.98 Å². The molecule has 0 amide bonds. The molecule has 0 atom stereocenters. The van der Waals surface area contributed by atoms with Crippen molar-refractivity contribution in [2.24, 2.45) is 0 Å². The molecule has 1 N–H and O–H groups in total. The number of aryl methyl sites for hydroxylation is 1. The largest absolute Gasteiger partial charge is 0.311 e. The monoisotopic (exact) mass is 316 g/mol. The summed E-state index contributed by atoms with van der Waals surface area (Å²) in [5.41, 5.74) is 3.07. The zero-order valence-corrected chi connectivity index (χ0v) is 12.2. The van der Waals surface area contributed by atoms with E-state index in [1.165, 1.54) is 19.9 Å². The van der Waals surface area contributed by atoms with Crippen LogP contribution in [0.3, 0.4) is 0 Å². The highest BCUT2D eigenvalue weighted by Crippen LogP contribution is 2.25. The first-order chi connectivity index (χ1) is 7.75. The third-order valence-electron chi connectivity index (χ3n) is 2.25. The summed E-state index contributed by atoms with van der Waals surface area (Å²) < 4.78 is 1.22. The van der Waals surface area contributed by atoms with Crippen LogP contribution >= 0.6 is 38.6 Å². The van der Waals surface area contributed by atoms with Gasteiger partial charge in [0.2, 0.25) is 0 Å². The van der Waals surface area contributed by atoms with E-state index < -0.39 is 0 Å². The van der Waals surface area contributed by atoms with Crippen molar-refractivity contribution in [2.75, 3.05) is 6.54 Å². The number of thiazole rings is 1. The van der Waals surface area contributed by atoms with Gasteiger partial charge in [-0.15, -0.1) is 22.7 Å². The van der Waals surface area contributed by atoms with Crippen LogP contribution in [0.1, 0.15) is 15.4 Å². The van der Waals surface area contributed by atoms with Crippen LogP contribution in [0.15, 0.2) is 21.4 Å². The first-order valence-corrected chi connectivity index (χ1v) is 7.63. The summed E-state index contributed by atoms with van der Waals surface area (Å²) in [4.78, 5) is 6.97. The maximum absolute atomic E-state index is 4.25. The average Bonchev–Trinajstić information content (AvgIpc) is 2.85. The molecule has 5 heteroatoms. The van der Waals surface area contributed by atoms with E-state index in [1.54, 1.807) is 11.3 Å². The molecule has 0 aliphatic carbocycles. The minimum atomic E-state index is 0.946. The third-order valence-corrected chi connectivity index (χ3v) is 5.02.